The largest absolute Gasteiger partial charge is 0.472 e. The number of rotatable bonds is 72. The summed E-state index contributed by atoms with van der Waals surface area (Å²) in [7, 11) is -9.92. The Labute approximate surface area is 572 Å². The van der Waals surface area contributed by atoms with Crippen LogP contribution in [0.25, 0.3) is 0 Å². The first-order valence-electron chi connectivity index (χ1n) is 37.9. The number of aliphatic hydroxyl groups excluding tert-OH is 1. The van der Waals surface area contributed by atoms with E-state index in [2.05, 4.69) is 76.3 Å². The fraction of sp³-hybridized carbons (Fsp3) is 0.840. The molecular formula is C75H138O17P2. The van der Waals surface area contributed by atoms with Crippen molar-refractivity contribution >= 4 is 39.5 Å². The van der Waals surface area contributed by atoms with Crippen LogP contribution in [0.1, 0.15) is 349 Å². The molecule has 0 aromatic carbocycles. The fourth-order valence-corrected chi connectivity index (χ4v) is 12.1. The minimum atomic E-state index is -4.96. The Kier molecular flexibility index (Phi) is 66.4. The minimum absolute atomic E-state index is 0.0911. The Hall–Kier alpha value is -2.98. The zero-order valence-corrected chi connectivity index (χ0v) is 61.7. The second-order valence-corrected chi connectivity index (χ2v) is 28.5. The van der Waals surface area contributed by atoms with Crippen molar-refractivity contribution in [3.63, 3.8) is 0 Å². The number of aliphatic hydroxyl groups is 1. The second kappa shape index (κ2) is 68.5. The Morgan fingerprint density at radius 2 is 0.564 bits per heavy atom. The summed E-state index contributed by atoms with van der Waals surface area (Å²) in [6, 6.07) is 0. The van der Waals surface area contributed by atoms with Crippen LogP contribution in [0, 0.1) is 0 Å². The molecule has 94 heavy (non-hydrogen) atoms. The van der Waals surface area contributed by atoms with E-state index in [9.17, 15) is 43.2 Å². The van der Waals surface area contributed by atoms with E-state index >= 15 is 0 Å². The van der Waals surface area contributed by atoms with Gasteiger partial charge >= 0.3 is 39.5 Å². The van der Waals surface area contributed by atoms with Crippen LogP contribution in [-0.4, -0.2) is 96.7 Å². The van der Waals surface area contributed by atoms with E-state index in [4.69, 9.17) is 37.0 Å². The maximum atomic E-state index is 13.0. The number of esters is 4. The molecule has 0 fully saturated rings. The lowest BCUT2D eigenvalue weighted by molar-refractivity contribution is -0.161. The van der Waals surface area contributed by atoms with Gasteiger partial charge in [-0.2, -0.15) is 0 Å². The fourth-order valence-electron chi connectivity index (χ4n) is 10.5. The van der Waals surface area contributed by atoms with Crippen LogP contribution >= 0.6 is 15.6 Å². The Morgan fingerprint density at radius 3 is 0.894 bits per heavy atom. The molecule has 0 saturated carbocycles. The van der Waals surface area contributed by atoms with Gasteiger partial charge in [-0.15, -0.1) is 0 Å². The third kappa shape index (κ3) is 67.6. The summed E-state index contributed by atoms with van der Waals surface area (Å²) in [5, 5.41) is 10.6. The van der Waals surface area contributed by atoms with Crippen molar-refractivity contribution in [1.29, 1.82) is 0 Å². The van der Waals surface area contributed by atoms with Gasteiger partial charge < -0.3 is 33.8 Å². The zero-order chi connectivity index (χ0) is 69.0. The summed E-state index contributed by atoms with van der Waals surface area (Å²) >= 11 is 0. The third-order valence-electron chi connectivity index (χ3n) is 16.3. The topological polar surface area (TPSA) is 237 Å². The van der Waals surface area contributed by atoms with Gasteiger partial charge in [0.25, 0.3) is 0 Å². The van der Waals surface area contributed by atoms with Crippen molar-refractivity contribution in [2.24, 2.45) is 0 Å². The molecule has 0 radical (unpaired) electrons. The van der Waals surface area contributed by atoms with Crippen LogP contribution in [0.4, 0.5) is 0 Å². The molecule has 0 aliphatic rings. The maximum Gasteiger partial charge on any atom is 0.472 e. The number of phosphoric ester groups is 2. The minimum Gasteiger partial charge on any atom is -0.462 e. The highest BCUT2D eigenvalue weighted by Crippen LogP contribution is 2.45. The lowest BCUT2D eigenvalue weighted by Crippen LogP contribution is -2.30. The van der Waals surface area contributed by atoms with Gasteiger partial charge in [-0.05, 0) is 77.0 Å². The number of ether oxygens (including phenoxy) is 4. The molecular weight excluding hydrogens is 1230 g/mol. The average molecular weight is 1370 g/mol. The van der Waals surface area contributed by atoms with E-state index in [1.54, 1.807) is 0 Å². The normalized spacial score (nSPS) is 14.2. The van der Waals surface area contributed by atoms with E-state index in [1.807, 2.05) is 0 Å². The lowest BCUT2D eigenvalue weighted by atomic mass is 10.0. The van der Waals surface area contributed by atoms with Gasteiger partial charge in [0.1, 0.15) is 19.3 Å². The highest BCUT2D eigenvalue weighted by molar-refractivity contribution is 7.47. The molecule has 0 aliphatic carbocycles. The zero-order valence-electron chi connectivity index (χ0n) is 59.9. The molecule has 0 heterocycles. The third-order valence-corrected chi connectivity index (χ3v) is 18.2. The first-order valence-corrected chi connectivity index (χ1v) is 40.9. The standard InChI is InChI=1S/C75H138O17P2/c1-5-9-13-17-21-25-29-31-33-34-36-38-42-44-48-52-56-60-73(78)86-66-71(92-75(80)62-58-54-50-46-40-28-24-20-16-12-8-4)68-90-94(83,84)88-64-69(76)63-87-93(81,82)89-67-70(91-74(79)61-57-53-49-45-39-27-23-19-15-11-7-3)65-85-72(77)59-55-51-47-43-41-37-35-32-30-26-22-18-14-10-6-2/h9,13,19,21,23,25,31,33,69-71,76H,5-8,10-12,14-18,20,22,24,26-30,32,34-68H2,1-4H3,(H,81,82)(H,83,84)/b13-9-,23-19-,25-21-,33-31-. The monoisotopic (exact) mass is 1370 g/mol. The number of carbonyl (C=O) groups is 4. The van der Waals surface area contributed by atoms with Crippen LogP contribution in [0.15, 0.2) is 48.6 Å². The molecule has 3 N–H and O–H groups in total. The summed E-state index contributed by atoms with van der Waals surface area (Å²) < 4.78 is 68.4. The summed E-state index contributed by atoms with van der Waals surface area (Å²) in [4.78, 5) is 72.7. The average Bonchev–Trinajstić information content (AvgIpc) is 1.32. The molecule has 5 atom stereocenters. The van der Waals surface area contributed by atoms with Crippen molar-refractivity contribution in [1.82, 2.24) is 0 Å². The van der Waals surface area contributed by atoms with E-state index in [0.717, 1.165) is 148 Å². The smallest absolute Gasteiger partial charge is 0.462 e. The summed E-state index contributed by atoms with van der Waals surface area (Å²) in [5.74, 6) is -2.16. The Bertz CT molecular complexity index is 1980. The molecule has 0 spiro atoms. The predicted octanol–water partition coefficient (Wildman–Crippen LogP) is 21.3. The first-order chi connectivity index (χ1) is 45.7. The lowest BCUT2D eigenvalue weighted by Gasteiger charge is -2.21. The molecule has 17 nitrogen and oxygen atoms in total. The van der Waals surface area contributed by atoms with Crippen LogP contribution in [-0.2, 0) is 65.4 Å². The maximum absolute atomic E-state index is 13.0. The number of hydrogen-bond acceptors (Lipinski definition) is 15. The molecule has 0 bridgehead atoms. The van der Waals surface area contributed by atoms with E-state index < -0.39 is 97.5 Å². The van der Waals surface area contributed by atoms with Gasteiger partial charge in [-0.1, -0.05) is 295 Å². The van der Waals surface area contributed by atoms with Crippen molar-refractivity contribution in [3.05, 3.63) is 48.6 Å². The summed E-state index contributed by atoms with van der Waals surface area (Å²) in [6.07, 6.45) is 64.0. The molecule has 0 amide bonds. The molecule has 0 aromatic heterocycles. The summed E-state index contributed by atoms with van der Waals surface area (Å²) in [6.45, 7) is 4.76. The van der Waals surface area contributed by atoms with Crippen LogP contribution in [0.2, 0.25) is 0 Å². The van der Waals surface area contributed by atoms with E-state index in [-0.39, 0.29) is 25.7 Å². The van der Waals surface area contributed by atoms with Crippen LogP contribution < -0.4 is 0 Å². The molecule has 5 unspecified atom stereocenters. The predicted molar refractivity (Wildman–Crippen MR) is 381 cm³/mol. The van der Waals surface area contributed by atoms with Gasteiger partial charge in [0.2, 0.25) is 0 Å². The quantitative estimate of drug-likeness (QED) is 0.0169. The Morgan fingerprint density at radius 1 is 0.309 bits per heavy atom. The van der Waals surface area contributed by atoms with Gasteiger partial charge in [0.05, 0.1) is 26.4 Å². The van der Waals surface area contributed by atoms with E-state index in [0.29, 0.717) is 25.7 Å². The van der Waals surface area contributed by atoms with Crippen molar-refractivity contribution in [3.8, 4) is 0 Å². The molecule has 0 rings (SSSR count). The molecule has 0 aliphatic heterocycles. The number of phosphoric acid groups is 2. The van der Waals surface area contributed by atoms with E-state index in [1.165, 1.54) is 122 Å². The van der Waals surface area contributed by atoms with Crippen molar-refractivity contribution in [2.45, 2.75) is 367 Å². The van der Waals surface area contributed by atoms with Crippen LogP contribution in [0.5, 0.6) is 0 Å². The molecule has 550 valence electrons. The first kappa shape index (κ1) is 91.0. The van der Waals surface area contributed by atoms with Gasteiger partial charge in [0.15, 0.2) is 12.2 Å². The Balaban J connectivity index is 5.25. The highest BCUT2D eigenvalue weighted by Gasteiger charge is 2.30. The SMILES string of the molecule is CC/C=C\C/C=C\C/C=C\CCCCCCCCCC(=O)OCC(COP(=O)(O)OCC(O)COP(=O)(O)OCC(COC(=O)CCCCCCCCCCCCCCCCC)OC(=O)CCCCCCC/C=C\CCCC)OC(=O)CCCCCCCCCCCCC. The number of allylic oxidation sites excluding steroid dienone is 8. The van der Waals surface area contributed by atoms with Gasteiger partial charge in [-0.3, -0.25) is 37.3 Å². The van der Waals surface area contributed by atoms with Crippen molar-refractivity contribution in [2.75, 3.05) is 39.6 Å². The van der Waals surface area contributed by atoms with Crippen LogP contribution in [0.3, 0.4) is 0 Å². The van der Waals surface area contributed by atoms with Gasteiger partial charge in [0, 0.05) is 25.7 Å². The number of unbranched alkanes of at least 4 members (excludes halogenated alkanes) is 38. The highest BCUT2D eigenvalue weighted by atomic mass is 31.2. The second-order valence-electron chi connectivity index (χ2n) is 25.6. The molecule has 0 aromatic rings. The van der Waals surface area contributed by atoms with Gasteiger partial charge in [-0.25, -0.2) is 9.13 Å². The molecule has 19 heteroatoms. The molecule has 0 saturated heterocycles. The number of hydrogen-bond donors (Lipinski definition) is 3. The number of carbonyl (C=O) groups excluding carboxylic acids is 4. The summed E-state index contributed by atoms with van der Waals surface area (Å²) in [5.41, 5.74) is 0. The van der Waals surface area contributed by atoms with Crippen molar-refractivity contribution < 1.29 is 80.2 Å².